The van der Waals surface area contributed by atoms with Crippen LogP contribution < -0.4 is 0 Å². The summed E-state index contributed by atoms with van der Waals surface area (Å²) in [5, 5.41) is 0. The second-order valence-electron chi connectivity index (χ2n) is 7.84. The molecule has 0 spiro atoms. The van der Waals surface area contributed by atoms with E-state index in [1.807, 2.05) is 59.5 Å². The Morgan fingerprint density at radius 2 is 1.34 bits per heavy atom. The number of esters is 2. The van der Waals surface area contributed by atoms with Crippen LogP contribution in [0.3, 0.4) is 0 Å². The standard InChI is InChI=1S/C26H23NO5/c1-30-24(28)22-23(25(29)31-2)32-16-27(22)26(17-10-4-3-5-11-17)20-14-8-6-12-18(20)19-13-7-9-15-21(19)26/h3-15,22-23H,16H2,1-2H3/t22-,23?/m0/s1. The maximum Gasteiger partial charge on any atom is 0.337 e. The lowest BCUT2D eigenvalue weighted by molar-refractivity contribution is -0.158. The molecule has 1 heterocycles. The Hall–Kier alpha value is -3.48. The summed E-state index contributed by atoms with van der Waals surface area (Å²) in [5.41, 5.74) is 4.33. The first-order chi connectivity index (χ1) is 15.6. The fourth-order valence-electron chi connectivity index (χ4n) is 5.16. The fraction of sp³-hybridized carbons (Fsp3) is 0.231. The smallest absolute Gasteiger partial charge is 0.337 e. The summed E-state index contributed by atoms with van der Waals surface area (Å²) < 4.78 is 16.0. The van der Waals surface area contributed by atoms with Gasteiger partial charge in [0.05, 0.1) is 14.2 Å². The van der Waals surface area contributed by atoms with Crippen LogP contribution in [0.2, 0.25) is 0 Å². The Bertz CT molecular complexity index is 1130. The zero-order valence-corrected chi connectivity index (χ0v) is 17.9. The molecule has 2 atom stereocenters. The minimum absolute atomic E-state index is 0.0527. The predicted molar refractivity (Wildman–Crippen MR) is 118 cm³/mol. The van der Waals surface area contributed by atoms with Gasteiger partial charge in [-0.15, -0.1) is 0 Å². The average molecular weight is 429 g/mol. The molecular weight excluding hydrogens is 406 g/mol. The molecule has 0 bridgehead atoms. The third-order valence-electron chi connectivity index (χ3n) is 6.44. The highest BCUT2D eigenvalue weighted by Crippen LogP contribution is 2.55. The van der Waals surface area contributed by atoms with Crippen molar-refractivity contribution in [1.29, 1.82) is 0 Å². The Kier molecular flexibility index (Phi) is 5.04. The lowest BCUT2D eigenvalue weighted by Crippen LogP contribution is -2.55. The largest absolute Gasteiger partial charge is 0.468 e. The van der Waals surface area contributed by atoms with Crippen LogP contribution in [0.25, 0.3) is 11.1 Å². The van der Waals surface area contributed by atoms with Crippen molar-refractivity contribution in [3.63, 3.8) is 0 Å². The average Bonchev–Trinajstić information content (AvgIpc) is 3.42. The molecule has 1 saturated heterocycles. The molecule has 0 saturated carbocycles. The quantitative estimate of drug-likeness (QED) is 0.593. The maximum atomic E-state index is 13.1. The van der Waals surface area contributed by atoms with E-state index in [2.05, 4.69) is 24.3 Å². The molecule has 0 radical (unpaired) electrons. The van der Waals surface area contributed by atoms with Crippen LogP contribution in [-0.2, 0) is 29.3 Å². The molecule has 0 amide bonds. The van der Waals surface area contributed by atoms with Gasteiger partial charge in [-0.1, -0.05) is 78.9 Å². The molecule has 1 fully saturated rings. The third kappa shape index (κ3) is 2.73. The second kappa shape index (κ2) is 7.89. The molecule has 6 nitrogen and oxygen atoms in total. The zero-order valence-electron chi connectivity index (χ0n) is 17.9. The van der Waals surface area contributed by atoms with Crippen LogP contribution in [0.5, 0.6) is 0 Å². The van der Waals surface area contributed by atoms with Gasteiger partial charge in [0.2, 0.25) is 0 Å². The molecule has 3 aromatic carbocycles. The second-order valence-corrected chi connectivity index (χ2v) is 7.84. The molecule has 0 aromatic heterocycles. The number of carbonyl (C=O) groups excluding carboxylic acids is 2. The van der Waals surface area contributed by atoms with Crippen molar-refractivity contribution in [2.24, 2.45) is 0 Å². The van der Waals surface area contributed by atoms with E-state index in [9.17, 15) is 9.59 Å². The van der Waals surface area contributed by atoms with Crippen molar-refractivity contribution in [3.8, 4) is 11.1 Å². The summed E-state index contributed by atoms with van der Waals surface area (Å²) in [5.74, 6) is -1.15. The number of methoxy groups -OCH3 is 2. The normalized spacial score (nSPS) is 20.9. The van der Waals surface area contributed by atoms with E-state index in [0.29, 0.717) is 0 Å². The first-order valence-corrected chi connectivity index (χ1v) is 10.4. The zero-order chi connectivity index (χ0) is 22.3. The minimum Gasteiger partial charge on any atom is -0.468 e. The Balaban J connectivity index is 1.83. The topological polar surface area (TPSA) is 65.1 Å². The molecular formula is C26H23NO5. The van der Waals surface area contributed by atoms with Gasteiger partial charge in [-0.2, -0.15) is 0 Å². The Labute approximate surface area is 186 Å². The first kappa shape index (κ1) is 20.4. The highest BCUT2D eigenvalue weighted by atomic mass is 16.6. The van der Waals surface area contributed by atoms with Crippen molar-refractivity contribution in [2.45, 2.75) is 17.7 Å². The van der Waals surface area contributed by atoms with Crippen molar-refractivity contribution in [1.82, 2.24) is 4.90 Å². The van der Waals surface area contributed by atoms with E-state index < -0.39 is 29.6 Å². The summed E-state index contributed by atoms with van der Waals surface area (Å²) in [6.45, 7) is 0.0527. The number of fused-ring (bicyclic) bond motifs is 3. The van der Waals surface area contributed by atoms with Crippen molar-refractivity contribution in [2.75, 3.05) is 21.0 Å². The number of hydrogen-bond acceptors (Lipinski definition) is 6. The van der Waals surface area contributed by atoms with Gasteiger partial charge in [0.25, 0.3) is 0 Å². The van der Waals surface area contributed by atoms with Gasteiger partial charge in [-0.05, 0) is 27.8 Å². The van der Waals surface area contributed by atoms with Crippen molar-refractivity contribution < 1.29 is 23.8 Å². The van der Waals surface area contributed by atoms with Crippen LogP contribution in [0.4, 0.5) is 0 Å². The molecule has 1 unspecified atom stereocenters. The number of hydrogen-bond donors (Lipinski definition) is 0. The fourth-order valence-corrected chi connectivity index (χ4v) is 5.16. The third-order valence-corrected chi connectivity index (χ3v) is 6.44. The van der Waals surface area contributed by atoms with E-state index in [-0.39, 0.29) is 6.73 Å². The Morgan fingerprint density at radius 1 is 0.812 bits per heavy atom. The summed E-state index contributed by atoms with van der Waals surface area (Å²) in [7, 11) is 2.61. The lowest BCUT2D eigenvalue weighted by Gasteiger charge is -2.42. The summed E-state index contributed by atoms with van der Waals surface area (Å²) in [4.78, 5) is 27.5. The van der Waals surface area contributed by atoms with E-state index >= 15 is 0 Å². The molecule has 1 aliphatic heterocycles. The van der Waals surface area contributed by atoms with Crippen molar-refractivity contribution in [3.05, 3.63) is 95.6 Å². The molecule has 1 aliphatic carbocycles. The maximum absolute atomic E-state index is 13.1. The van der Waals surface area contributed by atoms with E-state index in [0.717, 1.165) is 27.8 Å². The molecule has 5 rings (SSSR count). The number of nitrogens with zero attached hydrogens (tertiary/aromatic N) is 1. The van der Waals surface area contributed by atoms with Crippen LogP contribution in [0.1, 0.15) is 16.7 Å². The summed E-state index contributed by atoms with van der Waals surface area (Å²) in [6.07, 6.45) is -1.09. The van der Waals surface area contributed by atoms with Gasteiger partial charge in [0, 0.05) is 0 Å². The van der Waals surface area contributed by atoms with Gasteiger partial charge in [0.15, 0.2) is 6.10 Å². The summed E-state index contributed by atoms with van der Waals surface area (Å²) >= 11 is 0. The molecule has 162 valence electrons. The molecule has 0 N–H and O–H groups in total. The Morgan fingerprint density at radius 3 is 1.91 bits per heavy atom. The number of carbonyl (C=O) groups is 2. The van der Waals surface area contributed by atoms with Crippen LogP contribution in [0.15, 0.2) is 78.9 Å². The van der Waals surface area contributed by atoms with Gasteiger partial charge in [0.1, 0.15) is 18.3 Å². The van der Waals surface area contributed by atoms with E-state index in [1.165, 1.54) is 14.2 Å². The molecule has 2 aliphatic rings. The number of ether oxygens (including phenoxy) is 3. The molecule has 6 heteroatoms. The van der Waals surface area contributed by atoms with E-state index in [4.69, 9.17) is 14.2 Å². The van der Waals surface area contributed by atoms with Gasteiger partial charge >= 0.3 is 11.9 Å². The van der Waals surface area contributed by atoms with Gasteiger partial charge in [-0.25, -0.2) is 9.69 Å². The molecule has 3 aromatic rings. The number of benzene rings is 3. The molecule has 32 heavy (non-hydrogen) atoms. The van der Waals surface area contributed by atoms with Crippen LogP contribution in [-0.4, -0.2) is 49.9 Å². The minimum atomic E-state index is -1.09. The monoisotopic (exact) mass is 429 g/mol. The van der Waals surface area contributed by atoms with Gasteiger partial charge in [-0.3, -0.25) is 4.79 Å². The van der Waals surface area contributed by atoms with Crippen LogP contribution in [0, 0.1) is 0 Å². The van der Waals surface area contributed by atoms with Gasteiger partial charge < -0.3 is 14.2 Å². The van der Waals surface area contributed by atoms with E-state index in [1.54, 1.807) is 0 Å². The van der Waals surface area contributed by atoms with Crippen LogP contribution >= 0.6 is 0 Å². The SMILES string of the molecule is COC(=O)C1OCN(C2(c3ccccc3)c3ccccc3-c3ccccc32)[C@@H]1C(=O)OC. The number of rotatable bonds is 4. The summed E-state index contributed by atoms with van der Waals surface area (Å²) in [6, 6.07) is 25.3. The predicted octanol–water partition coefficient (Wildman–Crippen LogP) is 3.33. The van der Waals surface area contributed by atoms with Crippen molar-refractivity contribution >= 4 is 11.9 Å². The highest BCUT2D eigenvalue weighted by molar-refractivity contribution is 5.89. The first-order valence-electron chi connectivity index (χ1n) is 10.4. The highest BCUT2D eigenvalue weighted by Gasteiger charge is 2.58. The lowest BCUT2D eigenvalue weighted by atomic mass is 9.78.